The molecule has 1 aromatic carbocycles. The van der Waals surface area contributed by atoms with E-state index in [1.165, 1.54) is 0 Å². The van der Waals surface area contributed by atoms with Crippen LogP contribution in [0.5, 0.6) is 0 Å². The zero-order valence-electron chi connectivity index (χ0n) is 12.0. The maximum Gasteiger partial charge on any atom is 0.329 e. The van der Waals surface area contributed by atoms with Gasteiger partial charge in [-0.15, -0.1) is 10.2 Å². The number of carbonyl (C=O) groups is 1. The molecule has 1 unspecified atom stereocenters. The molecule has 21 heavy (non-hydrogen) atoms. The molecule has 1 saturated heterocycles. The number of para-hydroxylation sites is 1. The smallest absolute Gasteiger partial charge is 0.329 e. The molecule has 1 aromatic heterocycles. The number of anilines is 1. The number of aromatic nitrogens is 3. The topological polar surface area (TPSA) is 79.2 Å². The molecule has 6 nitrogen and oxygen atoms in total. The Morgan fingerprint density at radius 2 is 2.10 bits per heavy atom. The van der Waals surface area contributed by atoms with Crippen molar-refractivity contribution in [2.45, 2.75) is 38.1 Å². The Labute approximate surface area is 122 Å². The molecule has 0 bridgehead atoms. The number of aliphatic carboxylic acids is 1. The Balaban J connectivity index is 2.05. The molecule has 1 fully saturated rings. The van der Waals surface area contributed by atoms with Gasteiger partial charge in [-0.25, -0.2) is 9.78 Å². The van der Waals surface area contributed by atoms with Crippen LogP contribution in [0.3, 0.4) is 0 Å². The Morgan fingerprint density at radius 1 is 1.33 bits per heavy atom. The van der Waals surface area contributed by atoms with Crippen LogP contribution in [0.2, 0.25) is 0 Å². The maximum atomic E-state index is 11.8. The van der Waals surface area contributed by atoms with E-state index in [4.69, 9.17) is 0 Å². The molecule has 1 N–H and O–H groups in total. The van der Waals surface area contributed by atoms with Crippen molar-refractivity contribution >= 4 is 23.0 Å². The molecule has 110 valence electrons. The molecule has 0 aliphatic carbocycles. The Hall–Kier alpha value is -2.24. The lowest BCUT2D eigenvalue weighted by atomic mass is 9.91. The van der Waals surface area contributed by atoms with E-state index in [1.807, 2.05) is 36.1 Å². The maximum absolute atomic E-state index is 11.8. The third kappa shape index (κ3) is 2.20. The molecule has 1 aliphatic rings. The van der Waals surface area contributed by atoms with Gasteiger partial charge in [-0.3, -0.25) is 0 Å². The molecule has 2 aromatic rings. The molecule has 0 radical (unpaired) electrons. The summed E-state index contributed by atoms with van der Waals surface area (Å²) in [4.78, 5) is 18.2. The highest BCUT2D eigenvalue weighted by Crippen LogP contribution is 2.36. The Bertz CT molecular complexity index is 676. The molecule has 0 saturated carbocycles. The van der Waals surface area contributed by atoms with Crippen molar-refractivity contribution in [3.63, 3.8) is 0 Å². The summed E-state index contributed by atoms with van der Waals surface area (Å²) >= 11 is 0. The van der Waals surface area contributed by atoms with Gasteiger partial charge in [0.25, 0.3) is 0 Å². The van der Waals surface area contributed by atoms with Gasteiger partial charge in [0, 0.05) is 6.54 Å². The number of carboxylic acids is 1. The first kappa shape index (κ1) is 13.7. The van der Waals surface area contributed by atoms with Crippen LogP contribution in [0.1, 0.15) is 32.6 Å². The molecule has 3 rings (SSSR count). The molecular formula is C15H18N4O2. The van der Waals surface area contributed by atoms with E-state index >= 15 is 0 Å². The first-order valence-electron chi connectivity index (χ1n) is 7.28. The quantitative estimate of drug-likeness (QED) is 0.928. The fourth-order valence-corrected chi connectivity index (χ4v) is 3.16. The van der Waals surface area contributed by atoms with E-state index in [0.717, 1.165) is 23.9 Å². The van der Waals surface area contributed by atoms with E-state index in [2.05, 4.69) is 15.2 Å². The van der Waals surface area contributed by atoms with Crippen LogP contribution in [-0.2, 0) is 4.79 Å². The van der Waals surface area contributed by atoms with Crippen LogP contribution < -0.4 is 4.90 Å². The van der Waals surface area contributed by atoms with Gasteiger partial charge < -0.3 is 10.0 Å². The van der Waals surface area contributed by atoms with Crippen molar-refractivity contribution in [3.05, 3.63) is 24.3 Å². The van der Waals surface area contributed by atoms with Crippen LogP contribution in [0, 0.1) is 0 Å². The number of carboxylic acid groups (broad SMARTS) is 1. The normalized spacial score (nSPS) is 21.9. The molecular weight excluding hydrogens is 268 g/mol. The predicted octanol–water partition coefficient (Wildman–Crippen LogP) is 2.25. The molecule has 0 amide bonds. The Morgan fingerprint density at radius 3 is 2.81 bits per heavy atom. The number of fused-ring (bicyclic) bond motifs is 1. The summed E-state index contributed by atoms with van der Waals surface area (Å²) in [5, 5.41) is 18.0. The third-order valence-electron chi connectivity index (χ3n) is 4.14. The summed E-state index contributed by atoms with van der Waals surface area (Å²) in [6.45, 7) is 2.66. The highest BCUT2D eigenvalue weighted by molar-refractivity contribution is 5.84. The van der Waals surface area contributed by atoms with Crippen LogP contribution >= 0.6 is 0 Å². The van der Waals surface area contributed by atoms with Gasteiger partial charge in [0.1, 0.15) is 11.1 Å². The van der Waals surface area contributed by atoms with Gasteiger partial charge >= 0.3 is 5.97 Å². The van der Waals surface area contributed by atoms with Crippen molar-refractivity contribution in [1.82, 2.24) is 15.2 Å². The number of nitrogens with zero attached hydrogens (tertiary/aromatic N) is 4. The van der Waals surface area contributed by atoms with Crippen molar-refractivity contribution in [3.8, 4) is 0 Å². The molecule has 0 spiro atoms. The van der Waals surface area contributed by atoms with E-state index in [0.29, 0.717) is 25.3 Å². The second kappa shape index (κ2) is 5.27. The summed E-state index contributed by atoms with van der Waals surface area (Å²) in [5.41, 5.74) is 0.570. The van der Waals surface area contributed by atoms with Gasteiger partial charge in [0.15, 0.2) is 0 Å². The summed E-state index contributed by atoms with van der Waals surface area (Å²) in [6.07, 6.45) is 2.87. The summed E-state index contributed by atoms with van der Waals surface area (Å²) in [6, 6.07) is 7.49. The second-order valence-corrected chi connectivity index (χ2v) is 5.44. The number of hydrogen-bond acceptors (Lipinski definition) is 5. The zero-order chi connectivity index (χ0) is 14.9. The minimum Gasteiger partial charge on any atom is -0.479 e. The average molecular weight is 286 g/mol. The van der Waals surface area contributed by atoms with Gasteiger partial charge in [0.05, 0.1) is 5.52 Å². The van der Waals surface area contributed by atoms with Crippen molar-refractivity contribution in [2.75, 3.05) is 11.4 Å². The predicted molar refractivity (Wildman–Crippen MR) is 79.2 cm³/mol. The van der Waals surface area contributed by atoms with Gasteiger partial charge in [-0.2, -0.15) is 0 Å². The van der Waals surface area contributed by atoms with E-state index in [-0.39, 0.29) is 0 Å². The molecule has 2 heterocycles. The van der Waals surface area contributed by atoms with Crippen LogP contribution in [0.15, 0.2) is 24.3 Å². The number of hydrogen-bond donors (Lipinski definition) is 1. The lowest BCUT2D eigenvalue weighted by Gasteiger charge is -2.34. The highest BCUT2D eigenvalue weighted by Gasteiger charge is 2.48. The van der Waals surface area contributed by atoms with Gasteiger partial charge in [0.2, 0.25) is 5.95 Å². The number of benzene rings is 1. The first-order chi connectivity index (χ1) is 10.2. The minimum atomic E-state index is -0.890. The highest BCUT2D eigenvalue weighted by atomic mass is 16.4. The standard InChI is InChI=1S/C15H18N4O2/c1-2-8-15(13(20)21)9-5-10-19(15)14-16-11-6-3-4-7-12(11)17-18-14/h3-4,6-7H,2,5,8-10H2,1H3,(H,20,21). The first-order valence-corrected chi connectivity index (χ1v) is 7.28. The number of rotatable bonds is 4. The fraction of sp³-hybridized carbons (Fsp3) is 0.467. The average Bonchev–Trinajstić information content (AvgIpc) is 2.92. The molecule has 6 heteroatoms. The summed E-state index contributed by atoms with van der Waals surface area (Å²) in [5.74, 6) is -0.374. The monoisotopic (exact) mass is 286 g/mol. The lowest BCUT2D eigenvalue weighted by molar-refractivity contribution is -0.143. The largest absolute Gasteiger partial charge is 0.479 e. The lowest BCUT2D eigenvalue weighted by Crippen LogP contribution is -2.51. The van der Waals surface area contributed by atoms with E-state index in [1.54, 1.807) is 0 Å². The zero-order valence-corrected chi connectivity index (χ0v) is 12.0. The van der Waals surface area contributed by atoms with E-state index < -0.39 is 11.5 Å². The molecule has 1 aliphatic heterocycles. The summed E-state index contributed by atoms with van der Waals surface area (Å²) < 4.78 is 0. The SMILES string of the molecule is CCCC1(C(=O)O)CCCN1c1nnc2ccccc2n1. The van der Waals surface area contributed by atoms with Gasteiger partial charge in [-0.05, 0) is 31.4 Å². The Kier molecular flexibility index (Phi) is 3.45. The molecule has 1 atom stereocenters. The summed E-state index contributed by atoms with van der Waals surface area (Å²) in [7, 11) is 0. The van der Waals surface area contributed by atoms with Crippen LogP contribution in [0.4, 0.5) is 5.95 Å². The van der Waals surface area contributed by atoms with E-state index in [9.17, 15) is 9.90 Å². The third-order valence-corrected chi connectivity index (χ3v) is 4.14. The van der Waals surface area contributed by atoms with Crippen LogP contribution in [-0.4, -0.2) is 38.3 Å². The van der Waals surface area contributed by atoms with Gasteiger partial charge in [-0.1, -0.05) is 25.5 Å². The van der Waals surface area contributed by atoms with Crippen LogP contribution in [0.25, 0.3) is 11.0 Å². The van der Waals surface area contributed by atoms with Crippen molar-refractivity contribution in [2.24, 2.45) is 0 Å². The van der Waals surface area contributed by atoms with Crippen molar-refractivity contribution in [1.29, 1.82) is 0 Å². The fourth-order valence-electron chi connectivity index (χ4n) is 3.16. The second-order valence-electron chi connectivity index (χ2n) is 5.44. The minimum absolute atomic E-state index is 0.419. The van der Waals surface area contributed by atoms with Crippen molar-refractivity contribution < 1.29 is 9.90 Å².